The van der Waals surface area contributed by atoms with Gasteiger partial charge in [-0.3, -0.25) is 4.90 Å². The molecule has 0 saturated carbocycles. The first-order valence-electron chi connectivity index (χ1n) is 6.41. The molecular weight excluding hydrogens is 267 g/mol. The van der Waals surface area contributed by atoms with Crippen molar-refractivity contribution in [2.24, 2.45) is 5.73 Å². The highest BCUT2D eigenvalue weighted by Crippen LogP contribution is 2.29. The minimum Gasteiger partial charge on any atom is -0.329 e. The van der Waals surface area contributed by atoms with Crippen LogP contribution in [-0.2, 0) is 12.8 Å². The highest BCUT2D eigenvalue weighted by atomic mass is 35.5. The molecule has 1 aliphatic carbocycles. The van der Waals surface area contributed by atoms with E-state index in [4.69, 9.17) is 5.73 Å². The molecule has 1 fully saturated rings. The Bertz CT molecular complexity index is 359. The maximum Gasteiger partial charge on any atom is 0.0222 e. The lowest BCUT2D eigenvalue weighted by atomic mass is 10.1. The zero-order valence-corrected chi connectivity index (χ0v) is 12.2. The van der Waals surface area contributed by atoms with Crippen molar-refractivity contribution in [2.75, 3.05) is 13.1 Å². The van der Waals surface area contributed by atoms with E-state index in [-0.39, 0.29) is 24.8 Å². The topological polar surface area (TPSA) is 29.3 Å². The number of halogens is 2. The van der Waals surface area contributed by atoms with Crippen molar-refractivity contribution in [3.8, 4) is 0 Å². The van der Waals surface area contributed by atoms with Crippen molar-refractivity contribution >= 4 is 24.8 Å². The predicted molar refractivity (Wildman–Crippen MR) is 80.9 cm³/mol. The van der Waals surface area contributed by atoms with Gasteiger partial charge in [0, 0.05) is 18.6 Å². The van der Waals surface area contributed by atoms with Gasteiger partial charge >= 0.3 is 0 Å². The summed E-state index contributed by atoms with van der Waals surface area (Å²) < 4.78 is 0. The van der Waals surface area contributed by atoms with Crippen LogP contribution in [0.3, 0.4) is 0 Å². The number of nitrogens with two attached hydrogens (primary N) is 1. The first-order chi connectivity index (χ1) is 7.88. The van der Waals surface area contributed by atoms with Gasteiger partial charge in [0.2, 0.25) is 0 Å². The summed E-state index contributed by atoms with van der Waals surface area (Å²) >= 11 is 0. The summed E-state index contributed by atoms with van der Waals surface area (Å²) in [5.74, 6) is 0. The van der Waals surface area contributed by atoms with Gasteiger partial charge in [-0.25, -0.2) is 0 Å². The molecule has 0 radical (unpaired) electrons. The molecule has 1 aromatic rings. The Hall–Kier alpha value is -0.280. The van der Waals surface area contributed by atoms with Crippen molar-refractivity contribution in [3.63, 3.8) is 0 Å². The lowest BCUT2D eigenvalue weighted by Gasteiger charge is -2.29. The zero-order chi connectivity index (χ0) is 11.0. The van der Waals surface area contributed by atoms with E-state index in [1.807, 2.05) is 0 Å². The van der Waals surface area contributed by atoms with Gasteiger partial charge < -0.3 is 5.73 Å². The second-order valence-corrected chi connectivity index (χ2v) is 5.10. The van der Waals surface area contributed by atoms with Gasteiger partial charge in [-0.15, -0.1) is 24.8 Å². The summed E-state index contributed by atoms with van der Waals surface area (Å²) in [6.45, 7) is 2.08. The lowest BCUT2D eigenvalue weighted by Crippen LogP contribution is -2.43. The van der Waals surface area contributed by atoms with Crippen LogP contribution in [0.5, 0.6) is 0 Å². The van der Waals surface area contributed by atoms with Gasteiger partial charge in [0.1, 0.15) is 0 Å². The second-order valence-electron chi connectivity index (χ2n) is 5.10. The number of hydrogen-bond donors (Lipinski definition) is 1. The van der Waals surface area contributed by atoms with Crippen molar-refractivity contribution in [1.82, 2.24) is 4.90 Å². The van der Waals surface area contributed by atoms with Crippen LogP contribution >= 0.6 is 24.8 Å². The Morgan fingerprint density at radius 2 is 1.72 bits per heavy atom. The van der Waals surface area contributed by atoms with Crippen LogP contribution in [0.25, 0.3) is 0 Å². The SMILES string of the molecule is Cl.Cl.NCC1CCCN1C1Cc2ccccc2C1. The van der Waals surface area contributed by atoms with Crippen LogP contribution in [0.15, 0.2) is 24.3 Å². The molecule has 1 unspecified atom stereocenters. The largest absolute Gasteiger partial charge is 0.329 e. The minimum atomic E-state index is 0. The Balaban J connectivity index is 0.000000810. The summed E-state index contributed by atoms with van der Waals surface area (Å²) in [7, 11) is 0. The molecule has 18 heavy (non-hydrogen) atoms. The zero-order valence-electron chi connectivity index (χ0n) is 10.5. The van der Waals surface area contributed by atoms with Gasteiger partial charge in [-0.2, -0.15) is 0 Å². The molecule has 0 spiro atoms. The number of benzene rings is 1. The molecule has 0 amide bonds. The first kappa shape index (κ1) is 15.8. The molecule has 1 heterocycles. The normalized spacial score (nSPS) is 23.3. The van der Waals surface area contributed by atoms with Crippen molar-refractivity contribution in [1.29, 1.82) is 0 Å². The van der Waals surface area contributed by atoms with Crippen molar-refractivity contribution in [3.05, 3.63) is 35.4 Å². The molecule has 1 aliphatic heterocycles. The highest BCUT2D eigenvalue weighted by Gasteiger charge is 2.33. The molecule has 0 bridgehead atoms. The number of likely N-dealkylation sites (tertiary alicyclic amines) is 1. The molecule has 1 saturated heterocycles. The quantitative estimate of drug-likeness (QED) is 0.906. The average molecular weight is 289 g/mol. The Kier molecular flexibility index (Phi) is 5.93. The fourth-order valence-corrected chi connectivity index (χ4v) is 3.36. The minimum absolute atomic E-state index is 0. The van der Waals surface area contributed by atoms with Gasteiger partial charge in [-0.1, -0.05) is 24.3 Å². The standard InChI is InChI=1S/C14H20N2.2ClH/c15-10-13-6-3-7-16(13)14-8-11-4-1-2-5-12(11)9-14;;/h1-2,4-5,13-14H,3,6-10,15H2;2*1H. The first-order valence-corrected chi connectivity index (χ1v) is 6.41. The molecular formula is C14H22Cl2N2. The van der Waals surface area contributed by atoms with Crippen LogP contribution in [-0.4, -0.2) is 30.1 Å². The lowest BCUT2D eigenvalue weighted by molar-refractivity contribution is 0.188. The molecule has 2 nitrogen and oxygen atoms in total. The fraction of sp³-hybridized carbons (Fsp3) is 0.571. The van der Waals surface area contributed by atoms with Gasteiger partial charge in [0.15, 0.2) is 0 Å². The molecule has 2 N–H and O–H groups in total. The van der Waals surface area contributed by atoms with Crippen molar-refractivity contribution < 1.29 is 0 Å². The van der Waals surface area contributed by atoms with E-state index in [0.717, 1.165) is 6.54 Å². The van der Waals surface area contributed by atoms with Gasteiger partial charge in [-0.05, 0) is 43.4 Å². The van der Waals surface area contributed by atoms with Crippen LogP contribution < -0.4 is 5.73 Å². The predicted octanol–water partition coefficient (Wildman–Crippen LogP) is 2.42. The van der Waals surface area contributed by atoms with Crippen LogP contribution in [0.2, 0.25) is 0 Å². The van der Waals surface area contributed by atoms with Crippen LogP contribution in [0, 0.1) is 0 Å². The van der Waals surface area contributed by atoms with Crippen LogP contribution in [0.1, 0.15) is 24.0 Å². The summed E-state index contributed by atoms with van der Waals surface area (Å²) in [6, 6.07) is 10.2. The van der Waals surface area contributed by atoms with E-state index in [1.165, 1.54) is 32.2 Å². The molecule has 0 aromatic heterocycles. The molecule has 3 rings (SSSR count). The fourth-order valence-electron chi connectivity index (χ4n) is 3.36. The molecule has 102 valence electrons. The van der Waals surface area contributed by atoms with Gasteiger partial charge in [0.05, 0.1) is 0 Å². The second kappa shape index (κ2) is 6.76. The van der Waals surface area contributed by atoms with Crippen LogP contribution in [0.4, 0.5) is 0 Å². The van der Waals surface area contributed by atoms with Crippen molar-refractivity contribution in [2.45, 2.75) is 37.8 Å². The van der Waals surface area contributed by atoms with E-state index in [1.54, 1.807) is 11.1 Å². The van der Waals surface area contributed by atoms with E-state index >= 15 is 0 Å². The summed E-state index contributed by atoms with van der Waals surface area (Å²) in [5, 5.41) is 0. The van der Waals surface area contributed by atoms with E-state index in [0.29, 0.717) is 12.1 Å². The monoisotopic (exact) mass is 288 g/mol. The number of nitrogens with zero attached hydrogens (tertiary/aromatic N) is 1. The van der Waals surface area contributed by atoms with E-state index in [2.05, 4.69) is 29.2 Å². The molecule has 1 aromatic carbocycles. The third kappa shape index (κ3) is 2.83. The third-order valence-electron chi connectivity index (χ3n) is 4.19. The Morgan fingerprint density at radius 3 is 2.28 bits per heavy atom. The van der Waals surface area contributed by atoms with E-state index in [9.17, 15) is 0 Å². The number of hydrogen-bond acceptors (Lipinski definition) is 2. The number of fused-ring (bicyclic) bond motifs is 1. The Labute approximate surface area is 122 Å². The average Bonchev–Trinajstić information content (AvgIpc) is 2.94. The maximum absolute atomic E-state index is 5.86. The number of rotatable bonds is 2. The van der Waals surface area contributed by atoms with E-state index < -0.39 is 0 Å². The molecule has 1 atom stereocenters. The summed E-state index contributed by atoms with van der Waals surface area (Å²) in [5.41, 5.74) is 8.96. The maximum atomic E-state index is 5.86. The van der Waals surface area contributed by atoms with Gasteiger partial charge in [0.25, 0.3) is 0 Å². The smallest absolute Gasteiger partial charge is 0.0222 e. The third-order valence-corrected chi connectivity index (χ3v) is 4.19. The molecule has 2 aliphatic rings. The molecule has 4 heteroatoms. The summed E-state index contributed by atoms with van der Waals surface area (Å²) in [6.07, 6.45) is 5.08. The summed E-state index contributed by atoms with van der Waals surface area (Å²) in [4.78, 5) is 2.65. The Morgan fingerprint density at radius 1 is 1.11 bits per heavy atom. The highest BCUT2D eigenvalue weighted by molar-refractivity contribution is 5.85.